The Bertz CT molecular complexity index is 598. The number of nitrogens with two attached hydrogens (primary N) is 1. The topological polar surface area (TPSA) is 92.4 Å². The SMILES string of the molecule is Nc1ccc(S(=O)(=O)NCC2(CO)CCCCC2)c(Br)c1. The molecule has 2 rings (SSSR count). The molecule has 0 heterocycles. The number of sulfonamides is 1. The van der Waals surface area contributed by atoms with Crippen LogP contribution in [0.1, 0.15) is 32.1 Å². The summed E-state index contributed by atoms with van der Waals surface area (Å²) in [6, 6.07) is 4.60. The standard InChI is InChI=1S/C14H21BrN2O3S/c15-12-8-11(16)4-5-13(12)21(19,20)17-9-14(10-18)6-2-1-3-7-14/h4-5,8,17-18H,1-3,6-7,9-10,16H2. The maximum absolute atomic E-state index is 12.4. The van der Waals surface area contributed by atoms with Crippen LogP contribution < -0.4 is 10.5 Å². The first-order valence-electron chi connectivity index (χ1n) is 7.04. The average molecular weight is 377 g/mol. The molecule has 1 aliphatic rings. The van der Waals surface area contributed by atoms with Gasteiger partial charge in [-0.25, -0.2) is 13.1 Å². The van der Waals surface area contributed by atoms with Crippen molar-refractivity contribution in [1.82, 2.24) is 4.72 Å². The number of halogens is 1. The number of aliphatic hydroxyl groups excluding tert-OH is 1. The Morgan fingerprint density at radius 2 is 1.95 bits per heavy atom. The van der Waals surface area contributed by atoms with Crippen molar-refractivity contribution < 1.29 is 13.5 Å². The first-order chi connectivity index (χ1) is 9.88. The van der Waals surface area contributed by atoms with E-state index in [4.69, 9.17) is 5.73 Å². The van der Waals surface area contributed by atoms with Gasteiger partial charge in [-0.15, -0.1) is 0 Å². The Kier molecular flexibility index (Phi) is 5.29. The fourth-order valence-electron chi connectivity index (χ4n) is 2.75. The van der Waals surface area contributed by atoms with Gasteiger partial charge in [-0.3, -0.25) is 0 Å². The van der Waals surface area contributed by atoms with Crippen LogP contribution in [0.3, 0.4) is 0 Å². The lowest BCUT2D eigenvalue weighted by molar-refractivity contribution is 0.0867. The average Bonchev–Trinajstić information content (AvgIpc) is 2.46. The number of benzene rings is 1. The van der Waals surface area contributed by atoms with Gasteiger partial charge in [0.15, 0.2) is 0 Å². The number of hydrogen-bond acceptors (Lipinski definition) is 4. The van der Waals surface area contributed by atoms with Crippen LogP contribution in [0, 0.1) is 5.41 Å². The zero-order valence-corrected chi connectivity index (χ0v) is 14.2. The molecule has 0 atom stereocenters. The lowest BCUT2D eigenvalue weighted by Crippen LogP contribution is -2.41. The van der Waals surface area contributed by atoms with Crippen molar-refractivity contribution in [1.29, 1.82) is 0 Å². The molecule has 0 radical (unpaired) electrons. The van der Waals surface area contributed by atoms with E-state index < -0.39 is 10.0 Å². The Balaban J connectivity index is 2.13. The summed E-state index contributed by atoms with van der Waals surface area (Å²) in [6.07, 6.45) is 4.93. The molecule has 21 heavy (non-hydrogen) atoms. The number of nitrogen functional groups attached to an aromatic ring is 1. The van der Waals surface area contributed by atoms with Crippen molar-refractivity contribution >= 4 is 31.6 Å². The van der Waals surface area contributed by atoms with E-state index in [2.05, 4.69) is 20.7 Å². The summed E-state index contributed by atoms with van der Waals surface area (Å²) in [4.78, 5) is 0.167. The van der Waals surface area contributed by atoms with E-state index in [1.165, 1.54) is 6.07 Å². The van der Waals surface area contributed by atoms with Gasteiger partial charge in [0.2, 0.25) is 10.0 Å². The Labute approximate surface area is 134 Å². The second kappa shape index (κ2) is 6.64. The molecule has 5 nitrogen and oxygen atoms in total. The van der Waals surface area contributed by atoms with Crippen molar-refractivity contribution in [2.24, 2.45) is 5.41 Å². The van der Waals surface area contributed by atoms with Crippen molar-refractivity contribution in [3.05, 3.63) is 22.7 Å². The highest BCUT2D eigenvalue weighted by Gasteiger charge is 2.33. The molecule has 1 saturated carbocycles. The minimum atomic E-state index is -3.62. The Hall–Kier alpha value is -0.630. The molecular formula is C14H21BrN2O3S. The van der Waals surface area contributed by atoms with Crippen LogP contribution in [0.5, 0.6) is 0 Å². The van der Waals surface area contributed by atoms with E-state index in [0.29, 0.717) is 10.2 Å². The van der Waals surface area contributed by atoms with E-state index in [0.717, 1.165) is 32.1 Å². The maximum Gasteiger partial charge on any atom is 0.241 e. The largest absolute Gasteiger partial charge is 0.399 e. The summed E-state index contributed by atoms with van der Waals surface area (Å²) in [5.74, 6) is 0. The number of rotatable bonds is 5. The lowest BCUT2D eigenvalue weighted by Gasteiger charge is -2.35. The molecule has 1 aliphatic carbocycles. The van der Waals surface area contributed by atoms with Gasteiger partial charge in [-0.1, -0.05) is 19.3 Å². The first-order valence-corrected chi connectivity index (χ1v) is 9.32. The third-order valence-electron chi connectivity index (χ3n) is 4.13. The van der Waals surface area contributed by atoms with Crippen LogP contribution >= 0.6 is 15.9 Å². The summed E-state index contributed by atoms with van der Waals surface area (Å²) >= 11 is 3.23. The van der Waals surface area contributed by atoms with Crippen LogP contribution in [0.2, 0.25) is 0 Å². The van der Waals surface area contributed by atoms with Crippen LogP contribution in [0.4, 0.5) is 5.69 Å². The predicted octanol–water partition coefficient (Wildman–Crippen LogP) is 2.25. The minimum Gasteiger partial charge on any atom is -0.399 e. The minimum absolute atomic E-state index is 0.0123. The molecule has 0 bridgehead atoms. The van der Waals surface area contributed by atoms with Gasteiger partial charge in [-0.05, 0) is 47.0 Å². The molecule has 0 aromatic heterocycles. The third-order valence-corrected chi connectivity index (χ3v) is 6.51. The van der Waals surface area contributed by atoms with Gasteiger partial charge in [-0.2, -0.15) is 0 Å². The molecule has 0 unspecified atom stereocenters. The molecule has 0 saturated heterocycles. The monoisotopic (exact) mass is 376 g/mol. The number of aliphatic hydroxyl groups is 1. The molecule has 1 aromatic carbocycles. The summed E-state index contributed by atoms with van der Waals surface area (Å²) in [6.45, 7) is 0.279. The fraction of sp³-hybridized carbons (Fsp3) is 0.571. The van der Waals surface area contributed by atoms with Crippen LogP contribution in [-0.4, -0.2) is 26.7 Å². The van der Waals surface area contributed by atoms with E-state index >= 15 is 0 Å². The van der Waals surface area contributed by atoms with E-state index in [9.17, 15) is 13.5 Å². The summed E-state index contributed by atoms with van der Waals surface area (Å²) in [5, 5.41) is 9.64. The highest BCUT2D eigenvalue weighted by Crippen LogP contribution is 2.35. The van der Waals surface area contributed by atoms with Gasteiger partial charge >= 0.3 is 0 Å². The number of anilines is 1. The van der Waals surface area contributed by atoms with E-state index in [-0.39, 0.29) is 23.5 Å². The molecule has 0 spiro atoms. The second-order valence-electron chi connectivity index (χ2n) is 5.73. The van der Waals surface area contributed by atoms with Crippen molar-refractivity contribution in [2.45, 2.75) is 37.0 Å². The van der Waals surface area contributed by atoms with Crippen molar-refractivity contribution in [3.63, 3.8) is 0 Å². The quantitative estimate of drug-likeness (QED) is 0.687. The van der Waals surface area contributed by atoms with Crippen molar-refractivity contribution in [3.8, 4) is 0 Å². The molecule has 1 fully saturated rings. The normalized spacial score (nSPS) is 18.6. The molecule has 0 aliphatic heterocycles. The molecule has 118 valence electrons. The molecule has 0 amide bonds. The Morgan fingerprint density at radius 3 is 2.52 bits per heavy atom. The number of hydrogen-bond donors (Lipinski definition) is 3. The lowest BCUT2D eigenvalue weighted by atomic mass is 9.75. The van der Waals surface area contributed by atoms with E-state index in [1.807, 2.05) is 0 Å². The summed E-state index contributed by atoms with van der Waals surface area (Å²) < 4.78 is 27.9. The highest BCUT2D eigenvalue weighted by molar-refractivity contribution is 9.10. The fourth-order valence-corrected chi connectivity index (χ4v) is 5.00. The van der Waals surface area contributed by atoms with E-state index in [1.54, 1.807) is 12.1 Å². The first kappa shape index (κ1) is 16.7. The highest BCUT2D eigenvalue weighted by atomic mass is 79.9. The molecule has 1 aromatic rings. The Morgan fingerprint density at radius 1 is 1.29 bits per heavy atom. The van der Waals surface area contributed by atoms with Gasteiger partial charge in [0.25, 0.3) is 0 Å². The summed E-state index contributed by atoms with van der Waals surface area (Å²) in [5.41, 5.74) is 5.80. The predicted molar refractivity (Wildman–Crippen MR) is 86.3 cm³/mol. The van der Waals surface area contributed by atoms with Gasteiger partial charge in [0, 0.05) is 28.7 Å². The summed E-state index contributed by atoms with van der Waals surface area (Å²) in [7, 11) is -3.62. The number of nitrogens with one attached hydrogen (secondary N) is 1. The smallest absolute Gasteiger partial charge is 0.241 e. The zero-order valence-electron chi connectivity index (χ0n) is 11.8. The second-order valence-corrected chi connectivity index (χ2v) is 8.32. The van der Waals surface area contributed by atoms with Gasteiger partial charge < -0.3 is 10.8 Å². The zero-order chi connectivity index (χ0) is 15.5. The van der Waals surface area contributed by atoms with Crippen molar-refractivity contribution in [2.75, 3.05) is 18.9 Å². The maximum atomic E-state index is 12.4. The van der Waals surface area contributed by atoms with Crippen LogP contribution in [0.15, 0.2) is 27.6 Å². The van der Waals surface area contributed by atoms with Gasteiger partial charge in [0.05, 0.1) is 4.90 Å². The molecule has 7 heteroatoms. The van der Waals surface area contributed by atoms with Crippen LogP contribution in [-0.2, 0) is 10.0 Å². The molecule has 4 N–H and O–H groups in total. The third kappa shape index (κ3) is 3.97. The van der Waals surface area contributed by atoms with Gasteiger partial charge in [0.1, 0.15) is 0 Å². The molecular weight excluding hydrogens is 356 g/mol. The van der Waals surface area contributed by atoms with Crippen LogP contribution in [0.25, 0.3) is 0 Å².